The van der Waals surface area contributed by atoms with E-state index >= 15 is 0 Å². The first-order valence-electron chi connectivity index (χ1n) is 7.07. The van der Waals surface area contributed by atoms with Gasteiger partial charge in [0.2, 0.25) is 0 Å². The van der Waals surface area contributed by atoms with Crippen LogP contribution in [0.5, 0.6) is 0 Å². The average Bonchev–Trinajstić information content (AvgIpc) is 2.47. The lowest BCUT2D eigenvalue weighted by Crippen LogP contribution is -2.12. The van der Waals surface area contributed by atoms with Crippen molar-refractivity contribution in [1.82, 2.24) is 9.97 Å². The summed E-state index contributed by atoms with van der Waals surface area (Å²) in [6, 6.07) is 2.14. The fourth-order valence-corrected chi connectivity index (χ4v) is 3.06. The monoisotopic (exact) mass is 337 g/mol. The molecule has 1 aromatic heterocycles. The standard InChI is InChI=1S/C16H17F2N3OS/c1-10(2)8-23(22)21-11(3)13-4-14(16(18)5-15(13)17)12-6-19-9-20-7-12/h4-7,9-10H,8H2,1-3H3. The minimum Gasteiger partial charge on any atom is -0.591 e. The molecule has 2 rings (SSSR count). The number of rotatable bonds is 5. The minimum absolute atomic E-state index is 0.113. The van der Waals surface area contributed by atoms with Gasteiger partial charge in [-0.05, 0) is 13.0 Å². The Bertz CT molecular complexity index is 708. The largest absolute Gasteiger partial charge is 0.591 e. The Morgan fingerprint density at radius 2 is 1.87 bits per heavy atom. The second-order valence-electron chi connectivity index (χ2n) is 5.50. The molecule has 1 unspecified atom stereocenters. The van der Waals surface area contributed by atoms with Gasteiger partial charge in [-0.3, -0.25) is 0 Å². The number of aromatic nitrogens is 2. The van der Waals surface area contributed by atoms with Crippen LogP contribution in [0.1, 0.15) is 26.3 Å². The normalized spacial score (nSPS) is 13.4. The number of hydrogen-bond donors (Lipinski definition) is 0. The van der Waals surface area contributed by atoms with E-state index in [9.17, 15) is 13.3 Å². The van der Waals surface area contributed by atoms with E-state index in [0.717, 1.165) is 6.07 Å². The van der Waals surface area contributed by atoms with Gasteiger partial charge in [0.05, 0.1) is 17.1 Å². The SMILES string of the molecule is CC(=N[S+]([O-])CC(C)C)c1cc(-c2cncnc2)c(F)cc1F. The molecule has 0 N–H and O–H groups in total. The molecule has 1 aromatic carbocycles. The highest BCUT2D eigenvalue weighted by Gasteiger charge is 2.16. The molecule has 0 aliphatic carbocycles. The summed E-state index contributed by atoms with van der Waals surface area (Å²) in [5.74, 6) is -0.856. The van der Waals surface area contributed by atoms with Gasteiger partial charge < -0.3 is 4.55 Å². The van der Waals surface area contributed by atoms with Crippen molar-refractivity contribution >= 4 is 17.1 Å². The lowest BCUT2D eigenvalue weighted by atomic mass is 10.0. The number of nitrogens with zero attached hydrogens (tertiary/aromatic N) is 3. The van der Waals surface area contributed by atoms with Crippen molar-refractivity contribution in [3.8, 4) is 11.1 Å². The van der Waals surface area contributed by atoms with Gasteiger partial charge >= 0.3 is 0 Å². The molecule has 1 heterocycles. The number of halogens is 2. The molecule has 0 saturated carbocycles. The molecule has 122 valence electrons. The lowest BCUT2D eigenvalue weighted by molar-refractivity contribution is 0.582. The van der Waals surface area contributed by atoms with Crippen molar-refractivity contribution in [3.63, 3.8) is 0 Å². The highest BCUT2D eigenvalue weighted by atomic mass is 32.2. The highest BCUT2D eigenvalue weighted by Crippen LogP contribution is 2.25. The first-order chi connectivity index (χ1) is 10.9. The molecule has 4 nitrogen and oxygen atoms in total. The van der Waals surface area contributed by atoms with Crippen LogP contribution in [0.25, 0.3) is 11.1 Å². The van der Waals surface area contributed by atoms with Crippen LogP contribution in [0.4, 0.5) is 8.78 Å². The lowest BCUT2D eigenvalue weighted by Gasteiger charge is -2.10. The van der Waals surface area contributed by atoms with Gasteiger partial charge in [-0.15, -0.1) is 0 Å². The number of hydrogen-bond acceptors (Lipinski definition) is 4. The van der Waals surface area contributed by atoms with Crippen LogP contribution in [0.3, 0.4) is 0 Å². The van der Waals surface area contributed by atoms with Gasteiger partial charge in [-0.2, -0.15) is 0 Å². The van der Waals surface area contributed by atoms with E-state index in [0.29, 0.717) is 11.3 Å². The molecule has 0 spiro atoms. The molecule has 0 fully saturated rings. The van der Waals surface area contributed by atoms with Crippen LogP contribution in [-0.4, -0.2) is 26.0 Å². The second-order valence-corrected chi connectivity index (χ2v) is 6.66. The van der Waals surface area contributed by atoms with Gasteiger partial charge in [0.15, 0.2) is 0 Å². The van der Waals surface area contributed by atoms with E-state index in [1.807, 2.05) is 13.8 Å². The Labute approximate surface area is 137 Å². The molecule has 0 radical (unpaired) electrons. The molecule has 0 saturated heterocycles. The summed E-state index contributed by atoms with van der Waals surface area (Å²) in [5.41, 5.74) is 0.982. The maximum absolute atomic E-state index is 14.1. The highest BCUT2D eigenvalue weighted by molar-refractivity contribution is 7.90. The predicted octanol–water partition coefficient (Wildman–Crippen LogP) is 3.55. The van der Waals surface area contributed by atoms with E-state index in [-0.39, 0.29) is 22.8 Å². The van der Waals surface area contributed by atoms with E-state index in [1.54, 1.807) is 6.92 Å². The summed E-state index contributed by atoms with van der Waals surface area (Å²) in [7, 11) is 0. The molecule has 2 aromatic rings. The van der Waals surface area contributed by atoms with E-state index in [4.69, 9.17) is 0 Å². The minimum atomic E-state index is -1.44. The molecule has 0 aliphatic rings. The van der Waals surface area contributed by atoms with Crippen molar-refractivity contribution in [2.75, 3.05) is 5.75 Å². The molecule has 0 amide bonds. The van der Waals surface area contributed by atoms with E-state index < -0.39 is 23.0 Å². The van der Waals surface area contributed by atoms with Gasteiger partial charge in [-0.25, -0.2) is 18.7 Å². The summed E-state index contributed by atoms with van der Waals surface area (Å²) in [6.45, 7) is 5.41. The Morgan fingerprint density at radius 3 is 2.48 bits per heavy atom. The van der Waals surface area contributed by atoms with Gasteiger partial charge in [0.25, 0.3) is 0 Å². The first kappa shape index (κ1) is 17.5. The fraction of sp³-hybridized carbons (Fsp3) is 0.312. The molecule has 0 bridgehead atoms. The van der Waals surface area contributed by atoms with Crippen molar-refractivity contribution in [3.05, 3.63) is 48.1 Å². The van der Waals surface area contributed by atoms with Crippen molar-refractivity contribution in [2.24, 2.45) is 10.3 Å². The maximum Gasteiger partial charge on any atom is 0.135 e. The Morgan fingerprint density at radius 1 is 1.22 bits per heavy atom. The zero-order chi connectivity index (χ0) is 17.0. The molecular formula is C16H17F2N3OS. The third kappa shape index (κ3) is 4.56. The summed E-state index contributed by atoms with van der Waals surface area (Å²) in [5, 5.41) is 0. The van der Waals surface area contributed by atoms with Crippen molar-refractivity contribution in [2.45, 2.75) is 20.8 Å². The summed E-state index contributed by atoms with van der Waals surface area (Å²) < 4.78 is 44.0. The smallest absolute Gasteiger partial charge is 0.135 e. The van der Waals surface area contributed by atoms with Crippen LogP contribution in [-0.2, 0) is 11.4 Å². The quantitative estimate of drug-likeness (QED) is 0.619. The molecule has 1 atom stereocenters. The fourth-order valence-electron chi connectivity index (χ4n) is 2.01. The Kier molecular flexibility index (Phi) is 5.79. The zero-order valence-electron chi connectivity index (χ0n) is 13.1. The summed E-state index contributed by atoms with van der Waals surface area (Å²) >= 11 is -1.44. The molecule has 7 heteroatoms. The average molecular weight is 337 g/mol. The van der Waals surface area contributed by atoms with Gasteiger partial charge in [0, 0.05) is 41.1 Å². The third-order valence-corrected chi connectivity index (χ3v) is 4.46. The third-order valence-electron chi connectivity index (χ3n) is 3.03. The maximum atomic E-state index is 14.1. The molecular weight excluding hydrogens is 320 g/mol. The molecule has 0 aliphatic heterocycles. The summed E-state index contributed by atoms with van der Waals surface area (Å²) in [4.78, 5) is 7.66. The van der Waals surface area contributed by atoms with Crippen molar-refractivity contribution in [1.29, 1.82) is 0 Å². The first-order valence-corrected chi connectivity index (χ1v) is 8.34. The van der Waals surface area contributed by atoms with E-state index in [1.165, 1.54) is 24.8 Å². The van der Waals surface area contributed by atoms with Crippen LogP contribution in [0.2, 0.25) is 0 Å². The van der Waals surface area contributed by atoms with Crippen LogP contribution in [0, 0.1) is 17.6 Å². The van der Waals surface area contributed by atoms with Crippen molar-refractivity contribution < 1.29 is 13.3 Å². The predicted molar refractivity (Wildman–Crippen MR) is 87.4 cm³/mol. The zero-order valence-corrected chi connectivity index (χ0v) is 13.9. The van der Waals surface area contributed by atoms with Crippen LogP contribution in [0.15, 0.2) is 35.3 Å². The second kappa shape index (κ2) is 7.61. The van der Waals surface area contributed by atoms with Gasteiger partial charge in [0.1, 0.15) is 23.7 Å². The summed E-state index contributed by atoms with van der Waals surface area (Å²) in [6.07, 6.45) is 4.21. The topological polar surface area (TPSA) is 61.2 Å². The van der Waals surface area contributed by atoms with Crippen LogP contribution >= 0.6 is 0 Å². The Hall–Kier alpha value is -1.86. The Balaban J connectivity index is 2.41. The van der Waals surface area contributed by atoms with Crippen LogP contribution < -0.4 is 0 Å². The van der Waals surface area contributed by atoms with Gasteiger partial charge in [-0.1, -0.05) is 18.2 Å². The van der Waals surface area contributed by atoms with E-state index in [2.05, 4.69) is 14.4 Å². The number of benzene rings is 1. The molecule has 23 heavy (non-hydrogen) atoms.